The lowest BCUT2D eigenvalue weighted by molar-refractivity contribution is 0.101. The molecule has 120 valence electrons. The van der Waals surface area contributed by atoms with Crippen LogP contribution in [-0.2, 0) is 6.61 Å². The van der Waals surface area contributed by atoms with E-state index >= 15 is 0 Å². The van der Waals surface area contributed by atoms with E-state index in [4.69, 9.17) is 4.74 Å². The van der Waals surface area contributed by atoms with E-state index in [1.54, 1.807) is 6.07 Å². The summed E-state index contributed by atoms with van der Waals surface area (Å²) in [5.41, 5.74) is 3.05. The van der Waals surface area contributed by atoms with Crippen LogP contribution in [0.4, 0.5) is 4.39 Å². The Bertz CT molecular complexity index is 839. The van der Waals surface area contributed by atoms with E-state index in [0.29, 0.717) is 12.2 Å². The van der Waals surface area contributed by atoms with Crippen molar-refractivity contribution in [1.29, 1.82) is 0 Å². The monoisotopic (exact) mass is 320 g/mol. The quantitative estimate of drug-likeness (QED) is 0.598. The molecule has 2 nitrogen and oxygen atoms in total. The molecule has 0 radical (unpaired) electrons. The van der Waals surface area contributed by atoms with Crippen molar-refractivity contribution in [3.63, 3.8) is 0 Å². The van der Waals surface area contributed by atoms with Gasteiger partial charge in [0, 0.05) is 5.56 Å². The topological polar surface area (TPSA) is 26.3 Å². The molecule has 0 saturated heterocycles. The Balaban J connectivity index is 1.79. The van der Waals surface area contributed by atoms with Crippen LogP contribution in [0.1, 0.15) is 22.8 Å². The van der Waals surface area contributed by atoms with Gasteiger partial charge in [-0.3, -0.25) is 4.79 Å². The van der Waals surface area contributed by atoms with Crippen molar-refractivity contribution in [3.8, 4) is 16.9 Å². The number of ether oxygens (including phenoxy) is 1. The number of carbonyl (C=O) groups excluding carboxylic acids is 1. The maximum atomic E-state index is 13.4. The van der Waals surface area contributed by atoms with Crippen LogP contribution in [0.5, 0.6) is 5.75 Å². The minimum absolute atomic E-state index is 0.158. The zero-order valence-corrected chi connectivity index (χ0v) is 13.3. The first-order chi connectivity index (χ1) is 11.6. The lowest BCUT2D eigenvalue weighted by Gasteiger charge is -2.10. The fourth-order valence-corrected chi connectivity index (χ4v) is 2.53. The second-order valence-electron chi connectivity index (χ2n) is 5.54. The second kappa shape index (κ2) is 7.09. The molecule has 24 heavy (non-hydrogen) atoms. The van der Waals surface area contributed by atoms with Crippen molar-refractivity contribution in [3.05, 3.63) is 89.7 Å². The number of halogens is 1. The standard InChI is InChI=1S/C21H17FO2/c1-15(23)21-13-18(22)9-12-20(21)17-7-10-19(11-8-17)24-14-16-5-3-2-4-6-16/h2-13H,14H2,1H3. The Morgan fingerprint density at radius 3 is 2.33 bits per heavy atom. The third-order valence-corrected chi connectivity index (χ3v) is 3.77. The molecule has 3 heteroatoms. The van der Waals surface area contributed by atoms with Gasteiger partial charge in [0.1, 0.15) is 18.2 Å². The van der Waals surface area contributed by atoms with Gasteiger partial charge in [0.25, 0.3) is 0 Å². The minimum atomic E-state index is -0.410. The molecule has 3 rings (SSSR count). The van der Waals surface area contributed by atoms with E-state index in [1.807, 2.05) is 54.6 Å². The maximum Gasteiger partial charge on any atom is 0.160 e. The fourth-order valence-electron chi connectivity index (χ4n) is 2.53. The van der Waals surface area contributed by atoms with Crippen molar-refractivity contribution in [2.45, 2.75) is 13.5 Å². The molecule has 0 aromatic heterocycles. The summed E-state index contributed by atoms with van der Waals surface area (Å²) in [7, 11) is 0. The van der Waals surface area contributed by atoms with Crippen LogP contribution in [0.15, 0.2) is 72.8 Å². The summed E-state index contributed by atoms with van der Waals surface area (Å²) in [6, 6.07) is 21.6. The number of carbonyl (C=O) groups is 1. The highest BCUT2D eigenvalue weighted by atomic mass is 19.1. The van der Waals surface area contributed by atoms with Crippen LogP contribution in [0, 0.1) is 5.82 Å². The van der Waals surface area contributed by atoms with Gasteiger partial charge in [-0.15, -0.1) is 0 Å². The van der Waals surface area contributed by atoms with E-state index in [-0.39, 0.29) is 5.78 Å². The van der Waals surface area contributed by atoms with Crippen molar-refractivity contribution >= 4 is 5.78 Å². The van der Waals surface area contributed by atoms with Gasteiger partial charge in [0.15, 0.2) is 5.78 Å². The van der Waals surface area contributed by atoms with Crippen molar-refractivity contribution in [2.24, 2.45) is 0 Å². The van der Waals surface area contributed by atoms with Gasteiger partial charge in [-0.1, -0.05) is 48.5 Å². The molecule has 3 aromatic rings. The third-order valence-electron chi connectivity index (χ3n) is 3.77. The fraction of sp³-hybridized carbons (Fsp3) is 0.0952. The van der Waals surface area contributed by atoms with Crippen LogP contribution in [0.2, 0.25) is 0 Å². The molecule has 0 aliphatic carbocycles. The van der Waals surface area contributed by atoms with Crippen molar-refractivity contribution in [2.75, 3.05) is 0 Å². The molecule has 3 aromatic carbocycles. The predicted octanol–water partition coefficient (Wildman–Crippen LogP) is 5.27. The summed E-state index contributed by atoms with van der Waals surface area (Å²) in [5.74, 6) is 0.176. The summed E-state index contributed by atoms with van der Waals surface area (Å²) in [5, 5.41) is 0. The molecule has 0 amide bonds. The molecule has 0 unspecified atom stereocenters. The molecule has 0 N–H and O–H groups in total. The van der Waals surface area contributed by atoms with Crippen LogP contribution in [0.3, 0.4) is 0 Å². The highest BCUT2D eigenvalue weighted by molar-refractivity contribution is 6.00. The Hall–Kier alpha value is -2.94. The highest BCUT2D eigenvalue weighted by Gasteiger charge is 2.10. The number of hydrogen-bond acceptors (Lipinski definition) is 2. The van der Waals surface area contributed by atoms with Gasteiger partial charge in [-0.2, -0.15) is 0 Å². The van der Waals surface area contributed by atoms with Gasteiger partial charge >= 0.3 is 0 Å². The largest absolute Gasteiger partial charge is 0.489 e. The Morgan fingerprint density at radius 2 is 1.67 bits per heavy atom. The third kappa shape index (κ3) is 3.69. The average molecular weight is 320 g/mol. The molecular formula is C21H17FO2. The van der Waals surface area contributed by atoms with E-state index in [2.05, 4.69) is 0 Å². The first-order valence-corrected chi connectivity index (χ1v) is 7.71. The zero-order chi connectivity index (χ0) is 16.9. The molecule has 0 atom stereocenters. The van der Waals surface area contributed by atoms with E-state index in [0.717, 1.165) is 22.4 Å². The van der Waals surface area contributed by atoms with Gasteiger partial charge in [-0.05, 0) is 47.9 Å². The van der Waals surface area contributed by atoms with E-state index in [1.165, 1.54) is 19.1 Å². The van der Waals surface area contributed by atoms with Crippen LogP contribution in [0.25, 0.3) is 11.1 Å². The van der Waals surface area contributed by atoms with Crippen molar-refractivity contribution < 1.29 is 13.9 Å². The molecule has 0 heterocycles. The van der Waals surface area contributed by atoms with Crippen molar-refractivity contribution in [1.82, 2.24) is 0 Å². The summed E-state index contributed by atoms with van der Waals surface area (Å²) < 4.78 is 19.1. The number of Topliss-reactive ketones (excluding diaryl/α,β-unsaturated/α-hetero) is 1. The normalized spacial score (nSPS) is 10.4. The summed E-state index contributed by atoms with van der Waals surface area (Å²) in [4.78, 5) is 11.7. The molecule has 0 saturated carbocycles. The predicted molar refractivity (Wildman–Crippen MR) is 92.6 cm³/mol. The molecule has 0 aliphatic rings. The van der Waals surface area contributed by atoms with Gasteiger partial charge in [-0.25, -0.2) is 4.39 Å². The van der Waals surface area contributed by atoms with Gasteiger partial charge in [0.2, 0.25) is 0 Å². The SMILES string of the molecule is CC(=O)c1cc(F)ccc1-c1ccc(OCc2ccccc2)cc1. The number of benzene rings is 3. The smallest absolute Gasteiger partial charge is 0.160 e. The minimum Gasteiger partial charge on any atom is -0.489 e. The first kappa shape index (κ1) is 15.9. The van der Waals surface area contributed by atoms with Gasteiger partial charge < -0.3 is 4.74 Å². The van der Waals surface area contributed by atoms with E-state index in [9.17, 15) is 9.18 Å². The molecule has 0 fully saturated rings. The van der Waals surface area contributed by atoms with Crippen LogP contribution >= 0.6 is 0 Å². The number of rotatable bonds is 5. The highest BCUT2D eigenvalue weighted by Crippen LogP contribution is 2.27. The Labute approximate surface area is 140 Å². The van der Waals surface area contributed by atoms with Crippen LogP contribution < -0.4 is 4.74 Å². The average Bonchev–Trinajstić information content (AvgIpc) is 2.61. The van der Waals surface area contributed by atoms with Gasteiger partial charge in [0.05, 0.1) is 0 Å². The van der Waals surface area contributed by atoms with Crippen LogP contribution in [-0.4, -0.2) is 5.78 Å². The summed E-state index contributed by atoms with van der Waals surface area (Å²) >= 11 is 0. The first-order valence-electron chi connectivity index (χ1n) is 7.71. The summed E-state index contributed by atoms with van der Waals surface area (Å²) in [6.07, 6.45) is 0. The number of hydrogen-bond donors (Lipinski definition) is 0. The molecule has 0 spiro atoms. The maximum absolute atomic E-state index is 13.4. The Morgan fingerprint density at radius 1 is 0.958 bits per heavy atom. The molecular weight excluding hydrogens is 303 g/mol. The zero-order valence-electron chi connectivity index (χ0n) is 13.3. The summed E-state index contributed by atoms with van der Waals surface area (Å²) in [6.45, 7) is 1.94. The lowest BCUT2D eigenvalue weighted by Crippen LogP contribution is -1.98. The lowest BCUT2D eigenvalue weighted by atomic mass is 9.97. The number of ketones is 1. The molecule has 0 aliphatic heterocycles. The van der Waals surface area contributed by atoms with E-state index < -0.39 is 5.82 Å². The second-order valence-corrected chi connectivity index (χ2v) is 5.54. The Kier molecular flexibility index (Phi) is 4.71. The molecule has 0 bridgehead atoms.